The average molecular weight is 582 g/mol. The van der Waals surface area contributed by atoms with E-state index in [0.29, 0.717) is 43.1 Å². The van der Waals surface area contributed by atoms with E-state index in [-0.39, 0.29) is 22.8 Å². The van der Waals surface area contributed by atoms with Crippen molar-refractivity contribution in [3.05, 3.63) is 54.7 Å². The van der Waals surface area contributed by atoms with Gasteiger partial charge in [-0.1, -0.05) is 18.2 Å². The molecule has 0 spiro atoms. The van der Waals surface area contributed by atoms with Crippen LogP contribution in [0, 0.1) is 0 Å². The summed E-state index contributed by atoms with van der Waals surface area (Å²) in [6.45, 7) is 11.5. The fraction of sp³-hybridized carbons (Fsp3) is 0.400. The van der Waals surface area contributed by atoms with Crippen molar-refractivity contribution >= 4 is 27.6 Å². The van der Waals surface area contributed by atoms with E-state index in [9.17, 15) is 13.2 Å². The summed E-state index contributed by atoms with van der Waals surface area (Å²) in [7, 11) is -2.17. The molecule has 0 atom stereocenters. The Morgan fingerprint density at radius 1 is 1.00 bits per heavy atom. The van der Waals surface area contributed by atoms with Crippen molar-refractivity contribution in [3.63, 3.8) is 0 Å². The molecule has 3 N–H and O–H groups in total. The minimum Gasteiger partial charge on any atom is -0.496 e. The summed E-state index contributed by atoms with van der Waals surface area (Å²) in [5.41, 5.74) is 9.20. The summed E-state index contributed by atoms with van der Waals surface area (Å²) in [5, 5.41) is 0. The van der Waals surface area contributed by atoms with Crippen LogP contribution in [0.3, 0.4) is 0 Å². The number of ether oxygens (including phenoxy) is 2. The van der Waals surface area contributed by atoms with Crippen molar-refractivity contribution in [3.8, 4) is 28.0 Å². The predicted molar refractivity (Wildman–Crippen MR) is 162 cm³/mol. The molecule has 2 aromatic carbocycles. The first-order valence-corrected chi connectivity index (χ1v) is 15.1. The van der Waals surface area contributed by atoms with Gasteiger partial charge in [-0.05, 0) is 58.9 Å². The van der Waals surface area contributed by atoms with Gasteiger partial charge in [0.15, 0.2) is 0 Å². The van der Waals surface area contributed by atoms with Crippen molar-refractivity contribution in [1.82, 2.24) is 14.6 Å². The molecular weight excluding hydrogens is 542 g/mol. The lowest BCUT2D eigenvalue weighted by atomic mass is 10.00. The summed E-state index contributed by atoms with van der Waals surface area (Å²) < 4.78 is 40.1. The Kier molecular flexibility index (Phi) is 8.79. The number of piperazine rings is 1. The van der Waals surface area contributed by atoms with Gasteiger partial charge >= 0.3 is 6.09 Å². The molecule has 1 aromatic heterocycles. The zero-order valence-corrected chi connectivity index (χ0v) is 25.3. The standard InChI is InChI=1S/C30H39N5O5S/c1-20(2)33-41(37,38)27-10-8-7-9-24(27)25-17-21(19-32-28(25)31)23-12-11-22(18-26(23)39-6)34-13-15-35(16-14-34)29(36)40-30(3,4)5/h7-12,17-20,33H,13-16H2,1-6H3,(H2,31,32). The number of hydrogen-bond donors (Lipinski definition) is 2. The van der Waals surface area contributed by atoms with Crippen molar-refractivity contribution in [2.45, 2.75) is 51.2 Å². The van der Waals surface area contributed by atoms with E-state index in [1.807, 2.05) is 45.0 Å². The molecule has 2 heterocycles. The largest absolute Gasteiger partial charge is 0.496 e. The predicted octanol–water partition coefficient (Wildman–Crippen LogP) is 4.75. The Morgan fingerprint density at radius 3 is 2.32 bits per heavy atom. The van der Waals surface area contributed by atoms with Crippen LogP contribution in [0.4, 0.5) is 16.3 Å². The van der Waals surface area contributed by atoms with Crippen molar-refractivity contribution in [2.24, 2.45) is 0 Å². The van der Waals surface area contributed by atoms with Gasteiger partial charge in [-0.3, -0.25) is 0 Å². The van der Waals surface area contributed by atoms with Crippen LogP contribution in [-0.4, -0.2) is 69.3 Å². The second-order valence-corrected chi connectivity index (χ2v) is 13.0. The maximum Gasteiger partial charge on any atom is 0.410 e. The van der Waals surface area contributed by atoms with Gasteiger partial charge in [0, 0.05) is 72.4 Å². The van der Waals surface area contributed by atoms with Crippen LogP contribution in [0.15, 0.2) is 59.6 Å². The molecular formula is C30H39N5O5S. The lowest BCUT2D eigenvalue weighted by Crippen LogP contribution is -2.50. The fourth-order valence-corrected chi connectivity index (χ4v) is 6.20. The van der Waals surface area contributed by atoms with Crippen molar-refractivity contribution in [1.29, 1.82) is 0 Å². The number of benzene rings is 2. The first kappa shape index (κ1) is 30.1. The van der Waals surface area contributed by atoms with Crippen LogP contribution >= 0.6 is 0 Å². The third-order valence-corrected chi connectivity index (χ3v) is 8.29. The summed E-state index contributed by atoms with van der Waals surface area (Å²) >= 11 is 0. The molecule has 11 heteroatoms. The molecule has 1 aliphatic heterocycles. The van der Waals surface area contributed by atoms with Crippen molar-refractivity contribution < 1.29 is 22.7 Å². The van der Waals surface area contributed by atoms with Gasteiger partial charge in [0.2, 0.25) is 10.0 Å². The number of pyridine rings is 1. The Morgan fingerprint density at radius 2 is 1.68 bits per heavy atom. The Labute approximate surface area is 242 Å². The number of nitrogens with one attached hydrogen (secondary N) is 1. The van der Waals surface area contributed by atoms with Gasteiger partial charge in [0.1, 0.15) is 17.2 Å². The lowest BCUT2D eigenvalue weighted by molar-refractivity contribution is 0.0240. The van der Waals surface area contributed by atoms with E-state index in [1.54, 1.807) is 56.3 Å². The Balaban J connectivity index is 1.61. The van der Waals surface area contributed by atoms with E-state index < -0.39 is 15.6 Å². The highest BCUT2D eigenvalue weighted by Crippen LogP contribution is 2.38. The second kappa shape index (κ2) is 12.0. The molecule has 10 nitrogen and oxygen atoms in total. The number of carbonyl (C=O) groups excluding carboxylic acids is 1. The number of nitrogens with two attached hydrogens (primary N) is 1. The van der Waals surface area contributed by atoms with Gasteiger partial charge in [-0.2, -0.15) is 0 Å². The van der Waals surface area contributed by atoms with E-state index in [1.165, 1.54) is 0 Å². The summed E-state index contributed by atoms with van der Waals surface area (Å²) in [4.78, 5) is 20.9. The molecule has 1 fully saturated rings. The molecule has 0 radical (unpaired) electrons. The third kappa shape index (κ3) is 7.09. The van der Waals surface area contributed by atoms with Gasteiger partial charge in [0.05, 0.1) is 12.0 Å². The maximum absolute atomic E-state index is 13.1. The summed E-state index contributed by atoms with van der Waals surface area (Å²) in [6, 6.07) is 14.2. The van der Waals surface area contributed by atoms with Crippen LogP contribution in [0.5, 0.6) is 5.75 Å². The SMILES string of the molecule is COc1cc(N2CCN(C(=O)OC(C)(C)C)CC2)ccc1-c1cnc(N)c(-c2ccccc2S(=O)(=O)NC(C)C)c1. The highest BCUT2D eigenvalue weighted by Gasteiger charge is 2.27. The van der Waals surface area contributed by atoms with Gasteiger partial charge in [-0.25, -0.2) is 22.9 Å². The topological polar surface area (TPSA) is 127 Å². The number of anilines is 2. The van der Waals surface area contributed by atoms with Crippen LogP contribution in [0.1, 0.15) is 34.6 Å². The normalized spacial score (nSPS) is 14.3. The van der Waals surface area contributed by atoms with Gasteiger partial charge < -0.3 is 25.0 Å². The van der Waals surface area contributed by atoms with Gasteiger partial charge in [0.25, 0.3) is 0 Å². The molecule has 0 aliphatic carbocycles. The van der Waals surface area contributed by atoms with Crippen molar-refractivity contribution in [2.75, 3.05) is 43.9 Å². The molecule has 0 unspecified atom stereocenters. The molecule has 41 heavy (non-hydrogen) atoms. The van der Waals surface area contributed by atoms with E-state index in [0.717, 1.165) is 16.8 Å². The highest BCUT2D eigenvalue weighted by atomic mass is 32.2. The minimum atomic E-state index is -3.78. The average Bonchev–Trinajstić information content (AvgIpc) is 2.91. The van der Waals surface area contributed by atoms with Gasteiger partial charge in [-0.15, -0.1) is 0 Å². The Bertz CT molecular complexity index is 1510. The molecule has 220 valence electrons. The Hall–Kier alpha value is -3.83. The summed E-state index contributed by atoms with van der Waals surface area (Å²) in [5.74, 6) is 0.858. The van der Waals surface area contributed by atoms with E-state index in [2.05, 4.69) is 14.6 Å². The molecule has 3 aromatic rings. The lowest BCUT2D eigenvalue weighted by Gasteiger charge is -2.37. The fourth-order valence-electron chi connectivity index (χ4n) is 4.72. The molecule has 4 rings (SSSR count). The molecule has 1 amide bonds. The molecule has 1 aliphatic rings. The van der Waals surface area contributed by atoms with E-state index in [4.69, 9.17) is 15.2 Å². The number of amides is 1. The molecule has 0 bridgehead atoms. The van der Waals surface area contributed by atoms with E-state index >= 15 is 0 Å². The number of methoxy groups -OCH3 is 1. The number of nitrogen functional groups attached to an aromatic ring is 1. The number of sulfonamides is 1. The van der Waals surface area contributed by atoms with Crippen LogP contribution in [0.25, 0.3) is 22.3 Å². The van der Waals surface area contributed by atoms with Crippen LogP contribution in [-0.2, 0) is 14.8 Å². The monoisotopic (exact) mass is 581 g/mol. The first-order valence-electron chi connectivity index (χ1n) is 13.6. The third-order valence-electron chi connectivity index (χ3n) is 6.57. The molecule has 1 saturated heterocycles. The second-order valence-electron chi connectivity index (χ2n) is 11.3. The number of nitrogens with zero attached hydrogens (tertiary/aromatic N) is 3. The number of hydrogen-bond acceptors (Lipinski definition) is 8. The first-order chi connectivity index (χ1) is 19.3. The molecule has 0 saturated carbocycles. The number of aromatic nitrogens is 1. The maximum atomic E-state index is 13.1. The zero-order chi connectivity index (χ0) is 29.9. The van der Waals surface area contributed by atoms with Crippen LogP contribution in [0.2, 0.25) is 0 Å². The smallest absolute Gasteiger partial charge is 0.410 e. The summed E-state index contributed by atoms with van der Waals surface area (Å²) in [6.07, 6.45) is 1.35. The zero-order valence-electron chi connectivity index (χ0n) is 24.5. The number of carbonyl (C=O) groups is 1. The number of rotatable bonds is 7. The quantitative estimate of drug-likeness (QED) is 0.409. The highest BCUT2D eigenvalue weighted by molar-refractivity contribution is 7.89. The minimum absolute atomic E-state index is 0.132. The van der Waals surface area contributed by atoms with Crippen LogP contribution < -0.4 is 20.1 Å².